The molecule has 0 saturated heterocycles. The van der Waals surface area contributed by atoms with Gasteiger partial charge in [0.05, 0.1) is 10.7 Å². The van der Waals surface area contributed by atoms with Gasteiger partial charge in [-0.25, -0.2) is 0 Å². The van der Waals surface area contributed by atoms with E-state index in [1.807, 2.05) is 0 Å². The molecule has 1 aromatic rings. The molecule has 3 radical (unpaired) electrons. The standard InChI is InChI=1S/C6Cl3N4O/c7-1-4(10)2(8)6(14)3(9)5(1)12-13-11. The van der Waals surface area contributed by atoms with Crippen molar-refractivity contribution < 1.29 is 5.11 Å². The van der Waals surface area contributed by atoms with Crippen LogP contribution >= 0.6 is 34.8 Å². The van der Waals surface area contributed by atoms with Crippen LogP contribution in [0.25, 0.3) is 10.4 Å². The molecule has 0 aliphatic heterocycles. The second kappa shape index (κ2) is 4.02. The molecular weight excluding hydrogens is 250 g/mol. The Bertz CT molecular complexity index is 412. The van der Waals surface area contributed by atoms with Crippen molar-refractivity contribution >= 4 is 46.2 Å². The van der Waals surface area contributed by atoms with Crippen LogP contribution in [-0.4, -0.2) is 0 Å². The van der Waals surface area contributed by atoms with Crippen LogP contribution in [0.2, 0.25) is 15.1 Å². The van der Waals surface area contributed by atoms with Crippen LogP contribution in [0.15, 0.2) is 5.11 Å². The third kappa shape index (κ3) is 1.63. The molecule has 0 N–H and O–H groups in total. The Morgan fingerprint density at radius 1 is 1.21 bits per heavy atom. The molecule has 1 aromatic carbocycles. The minimum Gasteiger partial charge on any atom is -0.287 e. The molecule has 0 aromatic heterocycles. The molecule has 71 valence electrons. The van der Waals surface area contributed by atoms with E-state index >= 15 is 0 Å². The smallest absolute Gasteiger partial charge is 0.218 e. The topological polar surface area (TPSA) is 91.0 Å². The van der Waals surface area contributed by atoms with Crippen molar-refractivity contribution in [1.82, 2.24) is 5.73 Å². The maximum atomic E-state index is 11.2. The summed E-state index contributed by atoms with van der Waals surface area (Å²) < 4.78 is 0. The molecule has 0 amide bonds. The highest BCUT2D eigenvalue weighted by molar-refractivity contribution is 6.45. The summed E-state index contributed by atoms with van der Waals surface area (Å²) in [6.07, 6.45) is 0. The zero-order valence-corrected chi connectivity index (χ0v) is 8.60. The third-order valence-corrected chi connectivity index (χ3v) is 2.43. The Morgan fingerprint density at radius 3 is 2.29 bits per heavy atom. The Morgan fingerprint density at radius 2 is 1.79 bits per heavy atom. The van der Waals surface area contributed by atoms with Crippen molar-refractivity contribution in [3.8, 4) is 5.75 Å². The summed E-state index contributed by atoms with van der Waals surface area (Å²) in [5, 5.41) is 13.0. The van der Waals surface area contributed by atoms with E-state index in [2.05, 4.69) is 10.0 Å². The average molecular weight is 250 g/mol. The summed E-state index contributed by atoms with van der Waals surface area (Å²) in [6.45, 7) is 0. The summed E-state index contributed by atoms with van der Waals surface area (Å²) >= 11 is 16.4. The number of halogens is 3. The van der Waals surface area contributed by atoms with Crippen LogP contribution in [-0.2, 0) is 5.11 Å². The number of nitrogens with zero attached hydrogens (tertiary/aromatic N) is 4. The average Bonchev–Trinajstić information content (AvgIpc) is 2.19. The Labute approximate surface area is 93.6 Å². The monoisotopic (exact) mass is 249 g/mol. The van der Waals surface area contributed by atoms with Gasteiger partial charge in [0, 0.05) is 4.91 Å². The van der Waals surface area contributed by atoms with Gasteiger partial charge in [0.25, 0.3) is 0 Å². The van der Waals surface area contributed by atoms with Crippen molar-refractivity contribution in [3.05, 3.63) is 25.5 Å². The van der Waals surface area contributed by atoms with E-state index in [1.165, 1.54) is 0 Å². The van der Waals surface area contributed by atoms with Crippen molar-refractivity contribution in [2.45, 2.75) is 0 Å². The molecule has 8 heteroatoms. The lowest BCUT2D eigenvalue weighted by Crippen LogP contribution is -1.79. The number of hydrogen-bond acceptors (Lipinski definition) is 1. The van der Waals surface area contributed by atoms with Crippen LogP contribution in [0.5, 0.6) is 5.75 Å². The third-order valence-electron chi connectivity index (χ3n) is 1.38. The molecule has 0 aliphatic carbocycles. The Hall–Kier alpha value is -1.00. The highest BCUT2D eigenvalue weighted by Gasteiger charge is 2.20. The first-order valence-electron chi connectivity index (χ1n) is 3.12. The zero-order chi connectivity index (χ0) is 10.9. The fourth-order valence-corrected chi connectivity index (χ4v) is 1.54. The van der Waals surface area contributed by atoms with E-state index in [1.54, 1.807) is 0 Å². The SMILES string of the molecule is [N]c1c(Cl)c([O])c(Cl)c(N=[N+]=[N-])c1Cl. The minimum atomic E-state index is -0.836. The summed E-state index contributed by atoms with van der Waals surface area (Å²) in [5.74, 6) is -0.836. The normalized spacial score (nSPS) is 9.64. The summed E-state index contributed by atoms with van der Waals surface area (Å²) in [4.78, 5) is 2.40. The first-order valence-corrected chi connectivity index (χ1v) is 4.25. The molecule has 0 spiro atoms. The van der Waals surface area contributed by atoms with Gasteiger partial charge in [0.15, 0.2) is 0 Å². The van der Waals surface area contributed by atoms with Gasteiger partial charge in [-0.15, -0.1) is 5.73 Å². The lowest BCUT2D eigenvalue weighted by Gasteiger charge is -2.05. The lowest BCUT2D eigenvalue weighted by atomic mass is 10.2. The van der Waals surface area contributed by atoms with Gasteiger partial charge in [-0.2, -0.15) is 0 Å². The van der Waals surface area contributed by atoms with Gasteiger partial charge < -0.3 is 0 Å². The molecule has 0 fully saturated rings. The Balaban J connectivity index is 3.67. The number of azide groups is 1. The predicted molar refractivity (Wildman–Crippen MR) is 52.2 cm³/mol. The number of benzene rings is 1. The Kier molecular flexibility index (Phi) is 3.18. The number of hydrogen-bond donors (Lipinski definition) is 0. The van der Waals surface area contributed by atoms with Gasteiger partial charge in [-0.05, 0) is 5.53 Å². The fourth-order valence-electron chi connectivity index (χ4n) is 0.749. The van der Waals surface area contributed by atoms with Crippen LogP contribution in [0.4, 0.5) is 11.4 Å². The van der Waals surface area contributed by atoms with Crippen molar-refractivity contribution in [1.29, 1.82) is 0 Å². The molecule has 14 heavy (non-hydrogen) atoms. The predicted octanol–water partition coefficient (Wildman–Crippen LogP) is 4.43. The maximum Gasteiger partial charge on any atom is 0.218 e. The molecular formula is C6Cl3N4O. The fraction of sp³-hybridized carbons (Fsp3) is 0. The molecule has 0 aliphatic rings. The minimum absolute atomic E-state index is 0.331. The summed E-state index contributed by atoms with van der Waals surface area (Å²) in [7, 11) is 0. The summed E-state index contributed by atoms with van der Waals surface area (Å²) in [5.41, 5.74) is 16.4. The maximum absolute atomic E-state index is 11.2. The van der Waals surface area contributed by atoms with Crippen LogP contribution in [0.1, 0.15) is 0 Å². The van der Waals surface area contributed by atoms with E-state index in [9.17, 15) is 10.8 Å². The van der Waals surface area contributed by atoms with Crippen molar-refractivity contribution in [2.24, 2.45) is 5.11 Å². The number of rotatable bonds is 1. The highest BCUT2D eigenvalue weighted by atomic mass is 35.5. The van der Waals surface area contributed by atoms with Gasteiger partial charge in [0.1, 0.15) is 15.7 Å². The largest absolute Gasteiger partial charge is 0.287 e. The highest BCUT2D eigenvalue weighted by Crippen LogP contribution is 2.49. The summed E-state index contributed by atoms with van der Waals surface area (Å²) in [6, 6.07) is 0. The van der Waals surface area contributed by atoms with Crippen LogP contribution < -0.4 is 5.73 Å². The quantitative estimate of drug-likeness (QED) is 0.400. The lowest BCUT2D eigenvalue weighted by molar-refractivity contribution is 0.356. The van der Waals surface area contributed by atoms with Gasteiger partial charge >= 0.3 is 0 Å². The molecule has 1 rings (SSSR count). The molecule has 0 bridgehead atoms. The molecule has 0 saturated carbocycles. The van der Waals surface area contributed by atoms with Gasteiger partial charge in [-0.1, -0.05) is 39.9 Å². The van der Waals surface area contributed by atoms with Crippen LogP contribution in [0, 0.1) is 0 Å². The first-order chi connectivity index (χ1) is 6.50. The van der Waals surface area contributed by atoms with E-state index in [-0.39, 0.29) is 10.7 Å². The molecule has 0 heterocycles. The second-order valence-corrected chi connectivity index (χ2v) is 3.29. The molecule has 0 atom stereocenters. The van der Waals surface area contributed by atoms with Crippen molar-refractivity contribution in [2.75, 3.05) is 0 Å². The van der Waals surface area contributed by atoms with Crippen LogP contribution in [0.3, 0.4) is 0 Å². The van der Waals surface area contributed by atoms with Crippen molar-refractivity contribution in [3.63, 3.8) is 0 Å². The van der Waals surface area contributed by atoms with E-state index in [0.717, 1.165) is 0 Å². The van der Waals surface area contributed by atoms with E-state index in [0.29, 0.717) is 0 Å². The van der Waals surface area contributed by atoms with Gasteiger partial charge in [-0.3, -0.25) is 5.11 Å². The second-order valence-electron chi connectivity index (χ2n) is 2.16. The molecule has 0 unspecified atom stereocenters. The van der Waals surface area contributed by atoms with E-state index in [4.69, 9.17) is 40.3 Å². The molecule has 5 nitrogen and oxygen atoms in total. The zero-order valence-electron chi connectivity index (χ0n) is 6.33. The van der Waals surface area contributed by atoms with E-state index < -0.39 is 21.5 Å². The first kappa shape index (κ1) is 11.1. The van der Waals surface area contributed by atoms with Gasteiger partial charge in [0.2, 0.25) is 5.75 Å².